The molecule has 1 aliphatic rings. The molecule has 0 fully saturated rings. The average molecular weight is 385 g/mol. The summed E-state index contributed by atoms with van der Waals surface area (Å²) >= 11 is 0. The number of carbonyl (C=O) groups is 1. The van der Waals surface area contributed by atoms with Crippen LogP contribution in [0.3, 0.4) is 0 Å². The largest absolute Gasteiger partial charge is 0.465 e. The van der Waals surface area contributed by atoms with Gasteiger partial charge in [-0.1, -0.05) is 0 Å². The molecule has 146 valence electrons. The normalized spacial score (nSPS) is 16.3. The first-order valence-corrected chi connectivity index (χ1v) is 8.94. The molecule has 2 N–H and O–H groups in total. The predicted octanol–water partition coefficient (Wildman–Crippen LogP) is 2.70. The number of nitrogens with zero attached hydrogens (tertiary/aromatic N) is 4. The molecule has 0 aliphatic carbocycles. The van der Waals surface area contributed by atoms with E-state index in [0.29, 0.717) is 41.2 Å². The third-order valence-electron chi connectivity index (χ3n) is 5.24. The number of nitrogens with one attached hydrogen (secondary N) is 1. The van der Waals surface area contributed by atoms with Gasteiger partial charge in [-0.25, -0.2) is 18.7 Å². The number of aromatic nitrogens is 4. The lowest BCUT2D eigenvalue weighted by Gasteiger charge is -2.31. The van der Waals surface area contributed by atoms with Gasteiger partial charge in [0.05, 0.1) is 17.4 Å². The highest BCUT2D eigenvalue weighted by molar-refractivity contribution is 5.67. The number of rotatable bonds is 2. The molecule has 1 atom stereocenters. The number of imidazole rings is 1. The van der Waals surface area contributed by atoms with Crippen molar-refractivity contribution in [1.29, 1.82) is 0 Å². The van der Waals surface area contributed by atoms with Crippen LogP contribution in [-0.2, 0) is 6.42 Å². The minimum absolute atomic E-state index is 0.286. The van der Waals surface area contributed by atoms with Crippen LogP contribution in [0, 0.1) is 19.7 Å². The Balaban J connectivity index is 2.02. The molecular weight excluding hydrogens is 365 g/mol. The molecule has 0 saturated carbocycles. The van der Waals surface area contributed by atoms with Crippen LogP contribution in [0.2, 0.25) is 0 Å². The zero-order valence-corrected chi connectivity index (χ0v) is 15.7. The summed E-state index contributed by atoms with van der Waals surface area (Å²) in [6.45, 7) is 5.45. The summed E-state index contributed by atoms with van der Waals surface area (Å²) in [7, 11) is 0. The molecule has 0 bridgehead atoms. The van der Waals surface area contributed by atoms with Crippen molar-refractivity contribution in [1.82, 2.24) is 24.2 Å². The first-order valence-electron chi connectivity index (χ1n) is 8.94. The molecule has 28 heavy (non-hydrogen) atoms. The van der Waals surface area contributed by atoms with Crippen LogP contribution in [0.25, 0.3) is 11.5 Å². The fourth-order valence-electron chi connectivity index (χ4n) is 3.86. The fraction of sp³-hybridized carbons (Fsp3) is 0.316. The van der Waals surface area contributed by atoms with E-state index in [1.165, 1.54) is 15.7 Å². The fourth-order valence-corrected chi connectivity index (χ4v) is 3.86. The van der Waals surface area contributed by atoms with E-state index in [1.807, 2.05) is 0 Å². The number of carboxylic acid groups (broad SMARTS) is 1. The molecule has 3 aromatic rings. The Kier molecular flexibility index (Phi) is 4.10. The molecule has 0 spiro atoms. The highest BCUT2D eigenvalue weighted by Crippen LogP contribution is 2.35. The van der Waals surface area contributed by atoms with Gasteiger partial charge in [-0.3, -0.25) is 4.57 Å². The van der Waals surface area contributed by atoms with Crippen molar-refractivity contribution in [3.05, 3.63) is 63.2 Å². The number of fused-ring (bicyclic) bond motifs is 1. The van der Waals surface area contributed by atoms with Crippen molar-refractivity contribution in [2.45, 2.75) is 33.2 Å². The van der Waals surface area contributed by atoms with Gasteiger partial charge in [0.2, 0.25) is 0 Å². The van der Waals surface area contributed by atoms with Crippen LogP contribution in [-0.4, -0.2) is 42.0 Å². The molecule has 3 heterocycles. The number of hydrogen-bond acceptors (Lipinski definition) is 3. The van der Waals surface area contributed by atoms with Crippen LogP contribution in [0.15, 0.2) is 29.3 Å². The van der Waals surface area contributed by atoms with Gasteiger partial charge in [0.15, 0.2) is 0 Å². The maximum Gasteiger partial charge on any atom is 0.407 e. The SMILES string of the molecule is Cc1cc(-n2nc3c(c2-n2cc[nH]c2=O)[C@H](C)N(C(=O)O)CC3)cc(C)c1F. The first-order chi connectivity index (χ1) is 13.3. The van der Waals surface area contributed by atoms with E-state index in [-0.39, 0.29) is 11.5 Å². The Morgan fingerprint density at radius 2 is 2.00 bits per heavy atom. The number of halogens is 1. The molecule has 0 unspecified atom stereocenters. The summed E-state index contributed by atoms with van der Waals surface area (Å²) < 4.78 is 17.1. The van der Waals surface area contributed by atoms with Crippen molar-refractivity contribution in [2.24, 2.45) is 0 Å². The number of amides is 1. The lowest BCUT2D eigenvalue weighted by atomic mass is 10.00. The van der Waals surface area contributed by atoms with Crippen LogP contribution in [0.4, 0.5) is 9.18 Å². The van der Waals surface area contributed by atoms with Crippen LogP contribution < -0.4 is 5.69 Å². The maximum atomic E-state index is 14.1. The van der Waals surface area contributed by atoms with Crippen LogP contribution in [0.1, 0.15) is 35.3 Å². The average Bonchev–Trinajstić information content (AvgIpc) is 3.22. The number of hydrogen-bond donors (Lipinski definition) is 2. The zero-order chi connectivity index (χ0) is 20.2. The van der Waals surface area contributed by atoms with E-state index in [9.17, 15) is 19.1 Å². The van der Waals surface area contributed by atoms with Gasteiger partial charge in [-0.2, -0.15) is 5.10 Å². The van der Waals surface area contributed by atoms with Crippen molar-refractivity contribution in [3.8, 4) is 11.5 Å². The Morgan fingerprint density at radius 3 is 2.57 bits per heavy atom. The Morgan fingerprint density at radius 1 is 1.32 bits per heavy atom. The van der Waals surface area contributed by atoms with Gasteiger partial charge in [-0.05, 0) is 44.0 Å². The topological polar surface area (TPSA) is 96.2 Å². The van der Waals surface area contributed by atoms with Gasteiger partial charge in [0, 0.05) is 30.9 Å². The molecule has 1 aromatic carbocycles. The molecule has 8 nitrogen and oxygen atoms in total. The summed E-state index contributed by atoms with van der Waals surface area (Å²) in [5.74, 6) is 0.177. The smallest absolute Gasteiger partial charge is 0.407 e. The molecule has 0 radical (unpaired) electrons. The van der Waals surface area contributed by atoms with E-state index in [1.54, 1.807) is 43.8 Å². The van der Waals surface area contributed by atoms with Gasteiger partial charge >= 0.3 is 11.8 Å². The Labute approximate surface area is 159 Å². The molecule has 1 aliphatic heterocycles. The van der Waals surface area contributed by atoms with Crippen molar-refractivity contribution in [3.63, 3.8) is 0 Å². The van der Waals surface area contributed by atoms with Crippen molar-refractivity contribution >= 4 is 6.09 Å². The minimum Gasteiger partial charge on any atom is -0.465 e. The second-order valence-electron chi connectivity index (χ2n) is 7.03. The Bertz CT molecular complexity index is 1120. The number of aromatic amines is 1. The second kappa shape index (κ2) is 6.36. The monoisotopic (exact) mass is 385 g/mol. The highest BCUT2D eigenvalue weighted by Gasteiger charge is 2.34. The van der Waals surface area contributed by atoms with Gasteiger partial charge in [0.1, 0.15) is 11.6 Å². The summed E-state index contributed by atoms with van der Waals surface area (Å²) in [4.78, 5) is 27.9. The van der Waals surface area contributed by atoms with Gasteiger partial charge in [0.25, 0.3) is 0 Å². The quantitative estimate of drug-likeness (QED) is 0.709. The molecule has 2 aromatic heterocycles. The summed E-state index contributed by atoms with van der Waals surface area (Å²) in [5.41, 5.74) is 2.59. The highest BCUT2D eigenvalue weighted by atomic mass is 19.1. The standard InChI is InChI=1S/C19H20FN5O3/c1-10-8-13(9-11(2)16(10)20)25-17(24-7-5-21-18(24)26)15-12(3)23(19(27)28)6-4-14(15)22-25/h5,7-9,12H,4,6H2,1-3H3,(H,21,26)(H,27,28)/t12-/m0/s1. The Hall–Kier alpha value is -3.36. The number of benzene rings is 1. The number of aryl methyl sites for hydroxylation is 2. The molecule has 4 rings (SSSR count). The van der Waals surface area contributed by atoms with E-state index < -0.39 is 12.1 Å². The third-order valence-corrected chi connectivity index (χ3v) is 5.24. The molecule has 1 amide bonds. The predicted molar refractivity (Wildman–Crippen MR) is 99.8 cm³/mol. The van der Waals surface area contributed by atoms with E-state index >= 15 is 0 Å². The summed E-state index contributed by atoms with van der Waals surface area (Å²) in [5, 5.41) is 14.2. The summed E-state index contributed by atoms with van der Waals surface area (Å²) in [6.07, 6.45) is 2.50. The number of H-pyrrole nitrogens is 1. The molecular formula is C19H20FN5O3. The van der Waals surface area contributed by atoms with Crippen LogP contribution in [0.5, 0.6) is 0 Å². The minimum atomic E-state index is -1.02. The van der Waals surface area contributed by atoms with Gasteiger partial charge < -0.3 is 15.0 Å². The van der Waals surface area contributed by atoms with Crippen LogP contribution >= 0.6 is 0 Å². The lowest BCUT2D eigenvalue weighted by molar-refractivity contribution is 0.124. The lowest BCUT2D eigenvalue weighted by Crippen LogP contribution is -2.38. The van der Waals surface area contributed by atoms with E-state index in [4.69, 9.17) is 0 Å². The molecule has 0 saturated heterocycles. The van der Waals surface area contributed by atoms with E-state index in [2.05, 4.69) is 10.1 Å². The van der Waals surface area contributed by atoms with E-state index in [0.717, 1.165) is 5.69 Å². The van der Waals surface area contributed by atoms with Crippen molar-refractivity contribution in [2.75, 3.05) is 6.54 Å². The zero-order valence-electron chi connectivity index (χ0n) is 15.7. The summed E-state index contributed by atoms with van der Waals surface area (Å²) in [6, 6.07) is 2.86. The maximum absolute atomic E-state index is 14.1. The van der Waals surface area contributed by atoms with Gasteiger partial charge in [-0.15, -0.1) is 0 Å². The molecule has 9 heteroatoms. The second-order valence-corrected chi connectivity index (χ2v) is 7.03. The first kappa shape index (κ1) is 18.0. The third kappa shape index (κ3) is 2.62. The van der Waals surface area contributed by atoms with Crippen molar-refractivity contribution < 1.29 is 14.3 Å².